The van der Waals surface area contributed by atoms with Crippen LogP contribution in [0.1, 0.15) is 23.6 Å². The van der Waals surface area contributed by atoms with E-state index in [1.807, 2.05) is 31.2 Å². The number of hydrogen-bond acceptors (Lipinski definition) is 5. The molecule has 1 N–H and O–H groups in total. The summed E-state index contributed by atoms with van der Waals surface area (Å²) in [4.78, 5) is 39.4. The molecular weight excluding hydrogens is 503 g/mol. The molecule has 1 fully saturated rings. The van der Waals surface area contributed by atoms with Gasteiger partial charge in [-0.1, -0.05) is 60.5 Å². The second kappa shape index (κ2) is 10.8. The van der Waals surface area contributed by atoms with Gasteiger partial charge in [-0.2, -0.15) is 0 Å². The van der Waals surface area contributed by atoms with Crippen molar-refractivity contribution in [3.8, 4) is 11.5 Å². The Bertz CT molecular complexity index is 1390. The predicted molar refractivity (Wildman–Crippen MR) is 139 cm³/mol. The molecule has 4 rings (SSSR count). The second-order valence-corrected chi connectivity index (χ2v) is 8.74. The van der Waals surface area contributed by atoms with E-state index in [0.29, 0.717) is 34.2 Å². The van der Waals surface area contributed by atoms with Gasteiger partial charge in [-0.15, -0.1) is 0 Å². The maximum atomic E-state index is 13.3. The number of anilines is 1. The number of hydrogen-bond donors (Lipinski definition) is 1. The van der Waals surface area contributed by atoms with Gasteiger partial charge in [-0.05, 0) is 59.5 Å². The fourth-order valence-electron chi connectivity index (χ4n) is 3.82. The number of amides is 4. The third kappa shape index (κ3) is 5.22. The number of halogens is 2. The Labute approximate surface area is 218 Å². The van der Waals surface area contributed by atoms with Crippen LogP contribution < -0.4 is 19.7 Å². The van der Waals surface area contributed by atoms with Crippen LogP contribution in [0.2, 0.25) is 10.0 Å². The molecule has 0 unspecified atom stereocenters. The number of nitrogens with one attached hydrogen (secondary N) is 1. The predicted octanol–water partition coefficient (Wildman–Crippen LogP) is 5.81. The van der Waals surface area contributed by atoms with Crippen LogP contribution in [0.5, 0.6) is 11.5 Å². The second-order valence-electron chi connectivity index (χ2n) is 7.89. The molecule has 1 aliphatic heterocycles. The molecule has 1 aliphatic rings. The number of benzene rings is 3. The lowest BCUT2D eigenvalue weighted by atomic mass is 10.0. The summed E-state index contributed by atoms with van der Waals surface area (Å²) in [5.74, 6) is -0.925. The highest BCUT2D eigenvalue weighted by Gasteiger charge is 2.37. The summed E-state index contributed by atoms with van der Waals surface area (Å²) in [6.45, 7) is 2.11. The number of urea groups is 1. The highest BCUT2D eigenvalue weighted by molar-refractivity contribution is 6.39. The normalized spacial score (nSPS) is 14.7. The first kappa shape index (κ1) is 25.3. The Balaban J connectivity index is 1.66. The monoisotopic (exact) mass is 524 g/mol. The van der Waals surface area contributed by atoms with Gasteiger partial charge in [0.25, 0.3) is 11.8 Å². The van der Waals surface area contributed by atoms with Crippen molar-refractivity contribution in [2.24, 2.45) is 0 Å². The van der Waals surface area contributed by atoms with Gasteiger partial charge >= 0.3 is 6.03 Å². The van der Waals surface area contributed by atoms with Crippen molar-refractivity contribution in [2.45, 2.75) is 20.0 Å². The average Bonchev–Trinajstić information content (AvgIpc) is 2.86. The van der Waals surface area contributed by atoms with Crippen molar-refractivity contribution in [2.75, 3.05) is 12.0 Å². The largest absolute Gasteiger partial charge is 0.493 e. The molecule has 0 radical (unpaired) electrons. The molecular formula is C27H22Cl2N2O5. The Hall–Kier alpha value is -3.81. The van der Waals surface area contributed by atoms with Crippen molar-refractivity contribution < 1.29 is 23.9 Å². The molecule has 1 heterocycles. The molecule has 0 aliphatic carbocycles. The first-order chi connectivity index (χ1) is 17.3. The Morgan fingerprint density at radius 2 is 1.78 bits per heavy atom. The van der Waals surface area contributed by atoms with Crippen LogP contribution in [0.4, 0.5) is 10.5 Å². The first-order valence-corrected chi connectivity index (χ1v) is 11.8. The van der Waals surface area contributed by atoms with Crippen LogP contribution in [0, 0.1) is 0 Å². The number of barbiturate groups is 1. The van der Waals surface area contributed by atoms with Crippen molar-refractivity contribution in [1.29, 1.82) is 0 Å². The van der Waals surface area contributed by atoms with Crippen molar-refractivity contribution in [1.82, 2.24) is 5.32 Å². The number of nitrogens with zero attached hydrogens (tertiary/aromatic N) is 1. The van der Waals surface area contributed by atoms with Crippen LogP contribution in [-0.4, -0.2) is 25.0 Å². The van der Waals surface area contributed by atoms with Crippen LogP contribution in [-0.2, 0) is 22.6 Å². The summed E-state index contributed by atoms with van der Waals surface area (Å²) in [6.07, 6.45) is 1.96. The summed E-state index contributed by atoms with van der Waals surface area (Å²) in [6, 6.07) is 16.6. The highest BCUT2D eigenvalue weighted by Crippen LogP contribution is 2.38. The zero-order valence-electron chi connectivity index (χ0n) is 19.5. The number of carbonyl (C=O) groups is 3. The minimum atomic E-state index is -0.802. The fraction of sp³-hybridized carbons (Fsp3) is 0.148. The van der Waals surface area contributed by atoms with Gasteiger partial charge in [0.2, 0.25) is 0 Å². The number of methoxy groups -OCH3 is 1. The molecule has 3 aromatic carbocycles. The molecule has 4 amide bonds. The zero-order valence-corrected chi connectivity index (χ0v) is 21.0. The van der Waals surface area contributed by atoms with Gasteiger partial charge in [0.15, 0.2) is 11.5 Å². The van der Waals surface area contributed by atoms with E-state index in [2.05, 4.69) is 5.32 Å². The van der Waals surface area contributed by atoms with Gasteiger partial charge < -0.3 is 9.47 Å². The van der Waals surface area contributed by atoms with E-state index in [1.54, 1.807) is 36.4 Å². The van der Waals surface area contributed by atoms with E-state index in [0.717, 1.165) is 16.0 Å². The molecule has 0 spiro atoms. The van der Waals surface area contributed by atoms with E-state index < -0.39 is 17.8 Å². The lowest BCUT2D eigenvalue weighted by molar-refractivity contribution is -0.122. The quantitative estimate of drug-likeness (QED) is 0.311. The van der Waals surface area contributed by atoms with Crippen molar-refractivity contribution >= 4 is 52.8 Å². The molecule has 36 heavy (non-hydrogen) atoms. The van der Waals surface area contributed by atoms with Crippen LogP contribution >= 0.6 is 23.2 Å². The molecule has 9 heteroatoms. The molecule has 184 valence electrons. The van der Waals surface area contributed by atoms with Gasteiger partial charge in [0.1, 0.15) is 12.2 Å². The van der Waals surface area contributed by atoms with Crippen molar-refractivity contribution in [3.05, 3.63) is 93.0 Å². The average molecular weight is 525 g/mol. The summed E-state index contributed by atoms with van der Waals surface area (Å²) < 4.78 is 11.3. The first-order valence-electron chi connectivity index (χ1n) is 11.1. The van der Waals surface area contributed by atoms with Crippen molar-refractivity contribution in [3.63, 3.8) is 0 Å². The maximum Gasteiger partial charge on any atom is 0.335 e. The maximum absolute atomic E-state index is 13.3. The Morgan fingerprint density at radius 3 is 2.50 bits per heavy atom. The summed E-state index contributed by atoms with van der Waals surface area (Å²) in [5.41, 5.74) is 2.25. The molecule has 7 nitrogen and oxygen atoms in total. The third-order valence-corrected chi connectivity index (χ3v) is 6.07. The summed E-state index contributed by atoms with van der Waals surface area (Å²) in [5, 5.41) is 3.04. The number of para-hydroxylation sites is 1. The molecule has 0 atom stereocenters. The lowest BCUT2D eigenvalue weighted by Gasteiger charge is -2.28. The Morgan fingerprint density at radius 1 is 1.00 bits per heavy atom. The van der Waals surface area contributed by atoms with Gasteiger partial charge in [-0.25, -0.2) is 9.69 Å². The number of rotatable bonds is 7. The van der Waals surface area contributed by atoms with E-state index in [4.69, 9.17) is 32.7 Å². The summed E-state index contributed by atoms with van der Waals surface area (Å²) >= 11 is 12.5. The van der Waals surface area contributed by atoms with E-state index >= 15 is 0 Å². The molecule has 1 saturated heterocycles. The number of ether oxygens (including phenoxy) is 2. The number of imide groups is 2. The smallest absolute Gasteiger partial charge is 0.335 e. The van der Waals surface area contributed by atoms with E-state index in [9.17, 15) is 14.4 Å². The zero-order chi connectivity index (χ0) is 25.8. The Kier molecular flexibility index (Phi) is 7.62. The highest BCUT2D eigenvalue weighted by atomic mass is 35.5. The third-order valence-electron chi connectivity index (χ3n) is 5.55. The van der Waals surface area contributed by atoms with Gasteiger partial charge in [-0.3, -0.25) is 14.9 Å². The number of aryl methyl sites for hydroxylation is 1. The van der Waals surface area contributed by atoms with Gasteiger partial charge in [0, 0.05) is 5.02 Å². The molecule has 3 aromatic rings. The molecule has 0 bridgehead atoms. The van der Waals surface area contributed by atoms with Crippen LogP contribution in [0.25, 0.3) is 6.08 Å². The number of carbonyl (C=O) groups excluding carboxylic acids is 3. The van der Waals surface area contributed by atoms with E-state index in [-0.39, 0.29) is 17.2 Å². The summed E-state index contributed by atoms with van der Waals surface area (Å²) in [7, 11) is 1.45. The SMILES string of the molecule is CCc1ccccc1N1C(=O)NC(=O)/C(=C/c2cc(Cl)c(OCc3cccc(Cl)c3)c(OC)c2)C1=O. The minimum absolute atomic E-state index is 0.200. The standard InChI is InChI=1S/C27H22Cl2N2O5/c1-3-18-8-4-5-10-22(18)31-26(33)20(25(32)30-27(31)34)12-17-13-21(29)24(23(14-17)35-2)36-15-16-7-6-9-19(28)11-16/h4-14H,3,15H2,1-2H3,(H,30,32,34)/b20-12-. The van der Waals surface area contributed by atoms with Crippen LogP contribution in [0.3, 0.4) is 0 Å². The van der Waals surface area contributed by atoms with E-state index in [1.165, 1.54) is 13.2 Å². The molecule has 0 aromatic heterocycles. The topological polar surface area (TPSA) is 84.9 Å². The molecule has 0 saturated carbocycles. The lowest BCUT2D eigenvalue weighted by Crippen LogP contribution is -2.54. The van der Waals surface area contributed by atoms with Crippen LogP contribution in [0.15, 0.2) is 66.2 Å². The van der Waals surface area contributed by atoms with Gasteiger partial charge in [0.05, 0.1) is 17.8 Å². The fourth-order valence-corrected chi connectivity index (χ4v) is 4.30. The minimum Gasteiger partial charge on any atom is -0.493 e.